The molecule has 8 aromatic carbocycles. The van der Waals surface area contributed by atoms with E-state index < -0.39 is 5.41 Å². The molecule has 0 saturated carbocycles. The van der Waals surface area contributed by atoms with Gasteiger partial charge in [-0.1, -0.05) is 121 Å². The molecule has 242 valence electrons. The van der Waals surface area contributed by atoms with E-state index in [-0.39, 0.29) is 0 Å². The molecule has 1 aliphatic heterocycles. The molecule has 52 heavy (non-hydrogen) atoms. The Morgan fingerprint density at radius 2 is 0.981 bits per heavy atom. The van der Waals surface area contributed by atoms with Crippen molar-refractivity contribution in [3.8, 4) is 62.1 Å². The van der Waals surface area contributed by atoms with Gasteiger partial charge in [0.1, 0.15) is 0 Å². The predicted molar refractivity (Wildman–Crippen MR) is 209 cm³/mol. The average molecular weight is 664 g/mol. The van der Waals surface area contributed by atoms with Crippen LogP contribution in [0.5, 0.6) is 23.0 Å². The lowest BCUT2D eigenvalue weighted by molar-refractivity contribution is 0.354. The van der Waals surface area contributed by atoms with Gasteiger partial charge in [-0.05, 0) is 105 Å². The number of aromatic nitrogens is 1. The van der Waals surface area contributed by atoms with Crippen LogP contribution >= 0.6 is 0 Å². The minimum absolute atomic E-state index is 0.595. The summed E-state index contributed by atoms with van der Waals surface area (Å²) >= 11 is 0. The molecule has 12 rings (SSSR count). The number of hydrogen-bond acceptors (Lipinski definition) is 2. The molecule has 0 atom stereocenters. The third-order valence-electron chi connectivity index (χ3n) is 11.5. The smallest absolute Gasteiger partial charge is 0.175 e. The maximum Gasteiger partial charge on any atom is 0.175 e. The van der Waals surface area contributed by atoms with Crippen molar-refractivity contribution in [2.75, 3.05) is 0 Å². The predicted octanol–water partition coefficient (Wildman–Crippen LogP) is 12.7. The molecule has 3 aliphatic rings. The fraction of sp³-hybridized carbons (Fsp3) is 0.0204. The van der Waals surface area contributed by atoms with Crippen LogP contribution in [-0.2, 0) is 5.41 Å². The van der Waals surface area contributed by atoms with Gasteiger partial charge < -0.3 is 14.0 Å². The Morgan fingerprint density at radius 1 is 0.385 bits per heavy atom. The van der Waals surface area contributed by atoms with Gasteiger partial charge in [-0.25, -0.2) is 0 Å². The first-order valence-electron chi connectivity index (χ1n) is 17.8. The van der Waals surface area contributed by atoms with Crippen LogP contribution in [0.2, 0.25) is 0 Å². The summed E-state index contributed by atoms with van der Waals surface area (Å²) in [5.41, 5.74) is 15.2. The van der Waals surface area contributed by atoms with E-state index in [1.165, 1.54) is 71.9 Å². The first-order valence-corrected chi connectivity index (χ1v) is 17.8. The van der Waals surface area contributed by atoms with Crippen LogP contribution < -0.4 is 9.47 Å². The largest absolute Gasteiger partial charge is 0.450 e. The van der Waals surface area contributed by atoms with Crippen LogP contribution in [-0.4, -0.2) is 4.57 Å². The van der Waals surface area contributed by atoms with Crippen molar-refractivity contribution in [2.45, 2.75) is 5.41 Å². The molecular formula is C49H29NO2. The fourth-order valence-electron chi connectivity index (χ4n) is 9.40. The molecule has 1 aromatic heterocycles. The maximum atomic E-state index is 6.88. The number of fused-ring (bicyclic) bond motifs is 16. The molecule has 1 spiro atoms. The molecule has 3 nitrogen and oxygen atoms in total. The number of para-hydroxylation sites is 4. The second-order valence-corrected chi connectivity index (χ2v) is 14.0. The molecule has 2 aliphatic carbocycles. The van der Waals surface area contributed by atoms with E-state index in [1.54, 1.807) is 0 Å². The lowest BCUT2D eigenvalue weighted by Gasteiger charge is -2.33. The molecule has 0 bridgehead atoms. The zero-order valence-corrected chi connectivity index (χ0v) is 28.0. The van der Waals surface area contributed by atoms with Gasteiger partial charge in [0.05, 0.1) is 16.4 Å². The van der Waals surface area contributed by atoms with Crippen LogP contribution in [0.1, 0.15) is 22.3 Å². The summed E-state index contributed by atoms with van der Waals surface area (Å²) < 4.78 is 15.8. The monoisotopic (exact) mass is 663 g/mol. The second kappa shape index (κ2) is 10.1. The van der Waals surface area contributed by atoms with Gasteiger partial charge in [0.25, 0.3) is 0 Å². The van der Waals surface area contributed by atoms with E-state index in [0.717, 1.165) is 34.2 Å². The Bertz CT molecular complexity index is 2930. The summed E-state index contributed by atoms with van der Waals surface area (Å²) in [6.07, 6.45) is 0. The SMILES string of the molecule is c1ccc(-n2c3ccccc3c3cc(-c4ccc5c(c4)C4(c6ccccc6-c6ccccc64)c4c-5ccc5c4Oc4ccccc4O5)ccc32)cc1. The summed E-state index contributed by atoms with van der Waals surface area (Å²) in [7, 11) is 0. The van der Waals surface area contributed by atoms with Crippen LogP contribution in [0.15, 0.2) is 176 Å². The Morgan fingerprint density at radius 3 is 1.79 bits per heavy atom. The number of hydrogen-bond donors (Lipinski definition) is 0. The molecular weight excluding hydrogens is 635 g/mol. The Labute approximate surface area is 300 Å². The molecule has 0 saturated heterocycles. The average Bonchev–Trinajstić information content (AvgIpc) is 3.82. The highest BCUT2D eigenvalue weighted by Crippen LogP contribution is 2.67. The normalized spacial score (nSPS) is 13.8. The van der Waals surface area contributed by atoms with E-state index >= 15 is 0 Å². The van der Waals surface area contributed by atoms with Crippen molar-refractivity contribution >= 4 is 21.8 Å². The van der Waals surface area contributed by atoms with E-state index in [1.807, 2.05) is 24.3 Å². The number of ether oxygens (including phenoxy) is 2. The zero-order chi connectivity index (χ0) is 34.0. The van der Waals surface area contributed by atoms with Gasteiger partial charge in [-0.15, -0.1) is 0 Å². The third-order valence-corrected chi connectivity index (χ3v) is 11.5. The fourth-order valence-corrected chi connectivity index (χ4v) is 9.40. The number of nitrogens with zero attached hydrogens (tertiary/aromatic N) is 1. The summed E-state index contributed by atoms with van der Waals surface area (Å²) in [6.45, 7) is 0. The minimum atomic E-state index is -0.595. The summed E-state index contributed by atoms with van der Waals surface area (Å²) in [4.78, 5) is 0. The quantitative estimate of drug-likeness (QED) is 0.184. The highest BCUT2D eigenvalue weighted by Gasteiger charge is 2.54. The van der Waals surface area contributed by atoms with Crippen molar-refractivity contribution in [1.82, 2.24) is 4.57 Å². The van der Waals surface area contributed by atoms with Crippen LogP contribution in [0.25, 0.3) is 60.9 Å². The molecule has 3 heteroatoms. The Balaban J connectivity index is 1.13. The molecule has 0 unspecified atom stereocenters. The molecule has 0 radical (unpaired) electrons. The van der Waals surface area contributed by atoms with Crippen molar-refractivity contribution < 1.29 is 9.47 Å². The number of benzene rings is 8. The lowest BCUT2D eigenvalue weighted by atomic mass is 9.70. The molecule has 0 N–H and O–H groups in total. The van der Waals surface area contributed by atoms with Crippen molar-refractivity contribution in [2.24, 2.45) is 0 Å². The zero-order valence-electron chi connectivity index (χ0n) is 28.0. The van der Waals surface area contributed by atoms with E-state index in [4.69, 9.17) is 9.47 Å². The van der Waals surface area contributed by atoms with Crippen LogP contribution in [0.4, 0.5) is 0 Å². The van der Waals surface area contributed by atoms with Crippen LogP contribution in [0.3, 0.4) is 0 Å². The van der Waals surface area contributed by atoms with E-state index in [9.17, 15) is 0 Å². The van der Waals surface area contributed by atoms with Gasteiger partial charge in [-0.3, -0.25) is 0 Å². The molecule has 9 aromatic rings. The molecule has 0 amide bonds. The number of rotatable bonds is 2. The Kier molecular flexibility index (Phi) is 5.43. The maximum absolute atomic E-state index is 6.88. The summed E-state index contributed by atoms with van der Waals surface area (Å²) in [6, 6.07) is 63.4. The standard InChI is InChI=1S/C49H29NO2/c1-2-12-32(13-3-1)50-42-19-9-6-16-36(42)38-28-30(23-26-43(38)50)31-22-24-35-37-25-27-46-48(52-45-21-11-10-20-44(45)51-46)47(37)49(41(35)29-31)39-17-7-4-14-33(39)34-15-5-8-18-40(34)49/h1-29H. The minimum Gasteiger partial charge on any atom is -0.450 e. The summed E-state index contributed by atoms with van der Waals surface area (Å²) in [5, 5.41) is 2.49. The van der Waals surface area contributed by atoms with Gasteiger partial charge in [0.2, 0.25) is 0 Å². The highest BCUT2D eigenvalue weighted by atomic mass is 16.6. The van der Waals surface area contributed by atoms with Crippen molar-refractivity contribution in [3.05, 3.63) is 198 Å². The van der Waals surface area contributed by atoms with Gasteiger partial charge in [0.15, 0.2) is 23.0 Å². The molecule has 2 heterocycles. The third kappa shape index (κ3) is 3.49. The van der Waals surface area contributed by atoms with Crippen LogP contribution in [0, 0.1) is 0 Å². The summed E-state index contributed by atoms with van der Waals surface area (Å²) in [5.74, 6) is 3.00. The van der Waals surface area contributed by atoms with Crippen molar-refractivity contribution in [3.63, 3.8) is 0 Å². The second-order valence-electron chi connectivity index (χ2n) is 14.0. The van der Waals surface area contributed by atoms with Gasteiger partial charge in [0, 0.05) is 22.0 Å². The van der Waals surface area contributed by atoms with Gasteiger partial charge >= 0.3 is 0 Å². The Hall–Kier alpha value is -6.84. The molecule has 0 fully saturated rings. The van der Waals surface area contributed by atoms with Crippen molar-refractivity contribution in [1.29, 1.82) is 0 Å². The van der Waals surface area contributed by atoms with Gasteiger partial charge in [-0.2, -0.15) is 0 Å². The van der Waals surface area contributed by atoms with E-state index in [2.05, 4.69) is 156 Å². The first-order chi connectivity index (χ1) is 25.8. The highest BCUT2D eigenvalue weighted by molar-refractivity contribution is 6.10. The lowest BCUT2D eigenvalue weighted by Crippen LogP contribution is -2.27. The van der Waals surface area contributed by atoms with E-state index in [0.29, 0.717) is 0 Å². The first kappa shape index (κ1) is 27.9. The topological polar surface area (TPSA) is 23.4 Å².